The van der Waals surface area contributed by atoms with Crippen LogP contribution < -0.4 is 10.6 Å². The second-order valence-corrected chi connectivity index (χ2v) is 5.41. The first-order valence-corrected chi connectivity index (χ1v) is 7.46. The van der Waals surface area contributed by atoms with E-state index < -0.39 is 0 Å². The van der Waals surface area contributed by atoms with Gasteiger partial charge in [0.05, 0.1) is 6.61 Å². The maximum Gasteiger partial charge on any atom is 0.191 e. The predicted molar refractivity (Wildman–Crippen MR) is 82.7 cm³/mol. The molecule has 1 fully saturated rings. The first-order valence-electron chi connectivity index (χ1n) is 7.46. The van der Waals surface area contributed by atoms with Gasteiger partial charge in [0.2, 0.25) is 0 Å². The summed E-state index contributed by atoms with van der Waals surface area (Å²) in [5.74, 6) is 0.577. The van der Waals surface area contributed by atoms with Crippen LogP contribution in [0, 0.1) is 5.82 Å². The fourth-order valence-corrected chi connectivity index (χ4v) is 2.65. The Kier molecular flexibility index (Phi) is 5.99. The van der Waals surface area contributed by atoms with Crippen LogP contribution >= 0.6 is 0 Å². The molecule has 4 nitrogen and oxygen atoms in total. The van der Waals surface area contributed by atoms with E-state index in [4.69, 9.17) is 4.74 Å². The lowest BCUT2D eigenvalue weighted by Gasteiger charge is -2.17. The van der Waals surface area contributed by atoms with Crippen molar-refractivity contribution in [3.63, 3.8) is 0 Å². The lowest BCUT2D eigenvalue weighted by Crippen LogP contribution is -2.41. The Hall–Kier alpha value is -1.62. The van der Waals surface area contributed by atoms with Gasteiger partial charge in [-0.25, -0.2) is 4.39 Å². The van der Waals surface area contributed by atoms with Crippen LogP contribution in [0.3, 0.4) is 0 Å². The minimum absolute atomic E-state index is 0.228. The maximum absolute atomic E-state index is 13.6. The molecular weight excluding hydrogens is 269 g/mol. The largest absolute Gasteiger partial charge is 0.380 e. The third kappa shape index (κ3) is 4.70. The van der Waals surface area contributed by atoms with Crippen molar-refractivity contribution in [1.82, 2.24) is 10.6 Å². The van der Waals surface area contributed by atoms with E-state index in [0.29, 0.717) is 18.2 Å². The van der Waals surface area contributed by atoms with Gasteiger partial charge in [-0.1, -0.05) is 18.9 Å². The topological polar surface area (TPSA) is 45.7 Å². The molecular formula is C16H24FN3O. The smallest absolute Gasteiger partial charge is 0.191 e. The van der Waals surface area contributed by atoms with Gasteiger partial charge in [-0.3, -0.25) is 4.99 Å². The average molecular weight is 293 g/mol. The molecule has 2 N–H and O–H groups in total. The zero-order chi connectivity index (χ0) is 15.1. The van der Waals surface area contributed by atoms with Crippen molar-refractivity contribution in [2.75, 3.05) is 14.2 Å². The van der Waals surface area contributed by atoms with Gasteiger partial charge < -0.3 is 15.4 Å². The molecule has 0 unspecified atom stereocenters. The van der Waals surface area contributed by atoms with Crippen LogP contribution in [0.1, 0.15) is 36.8 Å². The van der Waals surface area contributed by atoms with Gasteiger partial charge in [0.1, 0.15) is 5.82 Å². The molecule has 0 saturated heterocycles. The zero-order valence-corrected chi connectivity index (χ0v) is 12.8. The molecule has 1 aliphatic rings. The van der Waals surface area contributed by atoms with Crippen LogP contribution in [0.25, 0.3) is 0 Å². The second kappa shape index (κ2) is 7.98. The molecule has 5 heteroatoms. The number of hydrogen-bond donors (Lipinski definition) is 2. The Labute approximate surface area is 125 Å². The number of methoxy groups -OCH3 is 1. The third-order valence-corrected chi connectivity index (χ3v) is 3.79. The van der Waals surface area contributed by atoms with E-state index >= 15 is 0 Å². The molecule has 0 amide bonds. The summed E-state index contributed by atoms with van der Waals surface area (Å²) >= 11 is 0. The molecule has 0 atom stereocenters. The van der Waals surface area contributed by atoms with Crippen molar-refractivity contribution >= 4 is 5.96 Å². The third-order valence-electron chi connectivity index (χ3n) is 3.79. The predicted octanol–water partition coefficient (Wildman–Crippen LogP) is 2.58. The van der Waals surface area contributed by atoms with E-state index in [0.717, 1.165) is 11.5 Å². The number of benzene rings is 1. The Morgan fingerprint density at radius 1 is 1.38 bits per heavy atom. The highest BCUT2D eigenvalue weighted by molar-refractivity contribution is 5.79. The first kappa shape index (κ1) is 15.8. The fraction of sp³-hybridized carbons (Fsp3) is 0.562. The summed E-state index contributed by atoms with van der Waals surface area (Å²) in [4.78, 5) is 4.24. The van der Waals surface area contributed by atoms with Gasteiger partial charge in [0, 0.05) is 32.3 Å². The number of hydrogen-bond acceptors (Lipinski definition) is 2. The Bertz CT molecular complexity index is 484. The fourth-order valence-electron chi connectivity index (χ4n) is 2.65. The van der Waals surface area contributed by atoms with Crippen LogP contribution in [0.2, 0.25) is 0 Å². The monoisotopic (exact) mass is 293 g/mol. The van der Waals surface area contributed by atoms with E-state index in [1.807, 2.05) is 6.07 Å². The van der Waals surface area contributed by atoms with Gasteiger partial charge in [0.25, 0.3) is 0 Å². The molecule has 0 radical (unpaired) electrons. The first-order chi connectivity index (χ1) is 10.2. The second-order valence-electron chi connectivity index (χ2n) is 5.41. The standard InChI is InChI=1S/C16H24FN3O/c1-18-16(20-14-5-3-4-6-14)19-10-12-7-8-15(17)13(9-12)11-21-2/h7-9,14H,3-6,10-11H2,1-2H3,(H2,18,19,20). The van der Waals surface area contributed by atoms with Crippen molar-refractivity contribution in [3.8, 4) is 0 Å². The normalized spacial score (nSPS) is 16.2. The SMILES string of the molecule is CN=C(NCc1ccc(F)c(COC)c1)NC1CCCC1. The van der Waals surface area contributed by atoms with E-state index in [1.54, 1.807) is 20.2 Å². The van der Waals surface area contributed by atoms with Crippen LogP contribution in [0.15, 0.2) is 23.2 Å². The van der Waals surface area contributed by atoms with E-state index in [-0.39, 0.29) is 12.4 Å². The summed E-state index contributed by atoms with van der Waals surface area (Å²) in [5, 5.41) is 6.70. The van der Waals surface area contributed by atoms with Crippen molar-refractivity contribution < 1.29 is 9.13 Å². The molecule has 0 aromatic heterocycles. The number of nitrogens with one attached hydrogen (secondary N) is 2. The summed E-state index contributed by atoms with van der Waals surface area (Å²) in [6.45, 7) is 0.901. The average Bonchev–Trinajstić information content (AvgIpc) is 2.99. The minimum atomic E-state index is -0.228. The number of aliphatic imine (C=N–C) groups is 1. The van der Waals surface area contributed by atoms with E-state index in [2.05, 4.69) is 15.6 Å². The highest BCUT2D eigenvalue weighted by atomic mass is 19.1. The quantitative estimate of drug-likeness (QED) is 0.648. The maximum atomic E-state index is 13.6. The summed E-state index contributed by atoms with van der Waals surface area (Å²) in [5.41, 5.74) is 1.59. The van der Waals surface area contributed by atoms with Crippen molar-refractivity contribution in [2.45, 2.75) is 44.9 Å². The number of ether oxygens (including phenoxy) is 1. The molecule has 0 heterocycles. The number of rotatable bonds is 5. The van der Waals surface area contributed by atoms with E-state index in [1.165, 1.54) is 31.7 Å². The van der Waals surface area contributed by atoms with Crippen LogP contribution in [0.5, 0.6) is 0 Å². The van der Waals surface area contributed by atoms with Gasteiger partial charge >= 0.3 is 0 Å². The summed E-state index contributed by atoms with van der Waals surface area (Å²) in [6.07, 6.45) is 4.98. The van der Waals surface area contributed by atoms with Crippen molar-refractivity contribution in [2.24, 2.45) is 4.99 Å². The van der Waals surface area contributed by atoms with Crippen molar-refractivity contribution in [3.05, 3.63) is 35.1 Å². The molecule has 0 spiro atoms. The van der Waals surface area contributed by atoms with Gasteiger partial charge in [-0.05, 0) is 30.5 Å². The molecule has 1 aliphatic carbocycles. The summed E-state index contributed by atoms with van der Waals surface area (Å²) < 4.78 is 18.6. The molecule has 1 aromatic rings. The highest BCUT2D eigenvalue weighted by Crippen LogP contribution is 2.17. The molecule has 116 valence electrons. The lowest BCUT2D eigenvalue weighted by molar-refractivity contribution is 0.181. The molecule has 21 heavy (non-hydrogen) atoms. The number of guanidine groups is 1. The Morgan fingerprint density at radius 2 is 2.14 bits per heavy atom. The van der Waals surface area contributed by atoms with Crippen LogP contribution in [-0.4, -0.2) is 26.2 Å². The summed E-state index contributed by atoms with van der Waals surface area (Å²) in [7, 11) is 3.34. The molecule has 2 rings (SSSR count). The molecule has 1 aromatic carbocycles. The van der Waals surface area contributed by atoms with Crippen LogP contribution in [-0.2, 0) is 17.9 Å². The summed E-state index contributed by atoms with van der Waals surface area (Å²) in [6, 6.07) is 5.62. The highest BCUT2D eigenvalue weighted by Gasteiger charge is 2.15. The molecule has 1 saturated carbocycles. The Balaban J connectivity index is 1.90. The van der Waals surface area contributed by atoms with Gasteiger partial charge in [0.15, 0.2) is 5.96 Å². The molecule has 0 aliphatic heterocycles. The van der Waals surface area contributed by atoms with Gasteiger partial charge in [-0.2, -0.15) is 0 Å². The van der Waals surface area contributed by atoms with Crippen molar-refractivity contribution in [1.29, 1.82) is 0 Å². The van der Waals surface area contributed by atoms with Gasteiger partial charge in [-0.15, -0.1) is 0 Å². The lowest BCUT2D eigenvalue weighted by atomic mass is 10.1. The van der Waals surface area contributed by atoms with Crippen LogP contribution in [0.4, 0.5) is 4.39 Å². The minimum Gasteiger partial charge on any atom is -0.380 e. The Morgan fingerprint density at radius 3 is 2.81 bits per heavy atom. The number of nitrogens with zero attached hydrogens (tertiary/aromatic N) is 1. The van der Waals surface area contributed by atoms with E-state index in [9.17, 15) is 4.39 Å². The molecule has 0 bridgehead atoms. The number of halogens is 1. The zero-order valence-electron chi connectivity index (χ0n) is 12.8.